The van der Waals surface area contributed by atoms with Gasteiger partial charge in [0.15, 0.2) is 6.61 Å². The number of halogens is 1. The lowest BCUT2D eigenvalue weighted by atomic mass is 10.2. The number of imide groups is 1. The van der Waals surface area contributed by atoms with E-state index in [1.807, 2.05) is 23.5 Å². The largest absolute Gasteiger partial charge is 0.482 e. The number of carbonyl (C=O) groups excluding carboxylic acids is 2. The molecule has 0 saturated carbocycles. The van der Waals surface area contributed by atoms with Gasteiger partial charge < -0.3 is 15.8 Å². The molecule has 0 atom stereocenters. The van der Waals surface area contributed by atoms with E-state index in [1.165, 1.54) is 0 Å². The number of ether oxygens (including phenoxy) is 1. The number of hydrogen-bond donors (Lipinski definition) is 3. The molecule has 0 fully saturated rings. The second-order valence-electron chi connectivity index (χ2n) is 4.95. The molecule has 0 aliphatic rings. The summed E-state index contributed by atoms with van der Waals surface area (Å²) in [4.78, 5) is 22.0. The maximum atomic E-state index is 11.4. The predicted molar refractivity (Wildman–Crippen MR) is 83.9 cm³/mol. The number of amides is 3. The standard InChI is InChI=1S/C14H20BrN3O3/c1-9(2)6-17-7-10-4-3-5-11(15)13(10)21-8-12(19)18-14(16)20/h3-5,9,17H,6-8H2,1-2H3,(H3,16,18,19,20). The van der Waals surface area contributed by atoms with Crippen LogP contribution in [0.4, 0.5) is 4.79 Å². The summed E-state index contributed by atoms with van der Waals surface area (Å²) in [6.07, 6.45) is 0. The van der Waals surface area contributed by atoms with Gasteiger partial charge in [-0.25, -0.2) is 4.79 Å². The predicted octanol–water partition coefficient (Wildman–Crippen LogP) is 1.77. The van der Waals surface area contributed by atoms with Crippen LogP contribution in [0.25, 0.3) is 0 Å². The first-order valence-corrected chi connectivity index (χ1v) is 7.39. The van der Waals surface area contributed by atoms with Gasteiger partial charge in [0.2, 0.25) is 0 Å². The van der Waals surface area contributed by atoms with Gasteiger partial charge in [0, 0.05) is 12.1 Å². The molecule has 0 aliphatic heterocycles. The summed E-state index contributed by atoms with van der Waals surface area (Å²) in [7, 11) is 0. The van der Waals surface area contributed by atoms with Gasteiger partial charge in [-0.1, -0.05) is 26.0 Å². The summed E-state index contributed by atoms with van der Waals surface area (Å²) in [5.74, 6) is 0.538. The summed E-state index contributed by atoms with van der Waals surface area (Å²) in [6.45, 7) is 5.49. The number of nitrogens with one attached hydrogen (secondary N) is 2. The molecule has 1 aromatic rings. The van der Waals surface area contributed by atoms with E-state index in [4.69, 9.17) is 10.5 Å². The molecule has 0 aliphatic carbocycles. The molecular formula is C14H20BrN3O3. The minimum atomic E-state index is -0.894. The van der Waals surface area contributed by atoms with Gasteiger partial charge in [-0.15, -0.1) is 0 Å². The first kappa shape index (κ1) is 17.5. The zero-order valence-corrected chi connectivity index (χ0v) is 13.7. The first-order valence-electron chi connectivity index (χ1n) is 6.60. The summed E-state index contributed by atoms with van der Waals surface area (Å²) in [6, 6.07) is 4.74. The molecule has 0 saturated heterocycles. The quantitative estimate of drug-likeness (QED) is 0.693. The summed E-state index contributed by atoms with van der Waals surface area (Å²) in [5, 5.41) is 5.27. The lowest BCUT2D eigenvalue weighted by molar-refractivity contribution is -0.121. The topological polar surface area (TPSA) is 93.4 Å². The Labute approximate surface area is 132 Å². The van der Waals surface area contributed by atoms with Crippen molar-refractivity contribution in [3.63, 3.8) is 0 Å². The van der Waals surface area contributed by atoms with Gasteiger partial charge in [-0.05, 0) is 34.5 Å². The average Bonchev–Trinajstić information content (AvgIpc) is 2.36. The van der Waals surface area contributed by atoms with Crippen molar-refractivity contribution >= 4 is 27.9 Å². The van der Waals surface area contributed by atoms with Crippen molar-refractivity contribution in [2.24, 2.45) is 11.7 Å². The van der Waals surface area contributed by atoms with E-state index in [0.717, 1.165) is 16.6 Å². The number of carbonyl (C=O) groups is 2. The monoisotopic (exact) mass is 357 g/mol. The number of rotatable bonds is 7. The molecule has 116 valence electrons. The Morgan fingerprint density at radius 3 is 2.71 bits per heavy atom. The maximum Gasteiger partial charge on any atom is 0.318 e. The second kappa shape index (κ2) is 8.63. The van der Waals surface area contributed by atoms with E-state index in [1.54, 1.807) is 0 Å². The van der Waals surface area contributed by atoms with Crippen molar-refractivity contribution in [2.45, 2.75) is 20.4 Å². The molecule has 1 rings (SSSR count). The zero-order valence-electron chi connectivity index (χ0n) is 12.1. The van der Waals surface area contributed by atoms with Crippen LogP contribution < -0.4 is 21.1 Å². The van der Waals surface area contributed by atoms with Gasteiger partial charge in [0.05, 0.1) is 4.47 Å². The van der Waals surface area contributed by atoms with Crippen LogP contribution in [-0.2, 0) is 11.3 Å². The molecule has 7 heteroatoms. The Morgan fingerprint density at radius 2 is 2.10 bits per heavy atom. The molecule has 0 heterocycles. The van der Waals surface area contributed by atoms with Gasteiger partial charge in [-0.3, -0.25) is 10.1 Å². The number of nitrogens with two attached hydrogens (primary N) is 1. The molecule has 3 amide bonds. The van der Waals surface area contributed by atoms with Gasteiger partial charge >= 0.3 is 6.03 Å². The number of urea groups is 1. The van der Waals surface area contributed by atoms with Crippen LogP contribution in [-0.4, -0.2) is 25.1 Å². The molecule has 0 bridgehead atoms. The molecular weight excluding hydrogens is 338 g/mol. The molecule has 0 spiro atoms. The molecule has 0 radical (unpaired) electrons. The Hall–Kier alpha value is -1.60. The fourth-order valence-corrected chi connectivity index (χ4v) is 2.18. The molecule has 1 aromatic carbocycles. The zero-order chi connectivity index (χ0) is 15.8. The minimum Gasteiger partial charge on any atom is -0.482 e. The SMILES string of the molecule is CC(C)CNCc1cccc(Br)c1OCC(=O)NC(N)=O. The Kier molecular flexibility index (Phi) is 7.18. The first-order chi connectivity index (χ1) is 9.90. The van der Waals surface area contributed by atoms with E-state index in [0.29, 0.717) is 18.2 Å². The third-order valence-corrected chi connectivity index (χ3v) is 3.15. The van der Waals surface area contributed by atoms with Crippen LogP contribution in [0.5, 0.6) is 5.75 Å². The van der Waals surface area contributed by atoms with Crippen molar-refractivity contribution in [3.8, 4) is 5.75 Å². The maximum absolute atomic E-state index is 11.4. The van der Waals surface area contributed by atoms with Crippen LogP contribution in [0.2, 0.25) is 0 Å². The molecule has 0 unspecified atom stereocenters. The van der Waals surface area contributed by atoms with Crippen LogP contribution in [0, 0.1) is 5.92 Å². The third-order valence-electron chi connectivity index (χ3n) is 2.53. The smallest absolute Gasteiger partial charge is 0.318 e. The highest BCUT2D eigenvalue weighted by molar-refractivity contribution is 9.10. The van der Waals surface area contributed by atoms with Crippen LogP contribution in [0.1, 0.15) is 19.4 Å². The molecule has 6 nitrogen and oxygen atoms in total. The van der Waals surface area contributed by atoms with Crippen molar-refractivity contribution < 1.29 is 14.3 Å². The second-order valence-corrected chi connectivity index (χ2v) is 5.81. The van der Waals surface area contributed by atoms with Crippen molar-refractivity contribution in [1.29, 1.82) is 0 Å². The number of primary amides is 1. The highest BCUT2D eigenvalue weighted by atomic mass is 79.9. The van der Waals surface area contributed by atoms with Gasteiger partial charge in [0.25, 0.3) is 5.91 Å². The van der Waals surface area contributed by atoms with Crippen LogP contribution >= 0.6 is 15.9 Å². The van der Waals surface area contributed by atoms with E-state index in [2.05, 4.69) is 35.1 Å². The number of benzene rings is 1. The Balaban J connectivity index is 2.66. The highest BCUT2D eigenvalue weighted by Crippen LogP contribution is 2.29. The third kappa shape index (κ3) is 6.59. The van der Waals surface area contributed by atoms with E-state index < -0.39 is 11.9 Å². The average molecular weight is 358 g/mol. The molecule has 4 N–H and O–H groups in total. The lowest BCUT2D eigenvalue weighted by Crippen LogP contribution is -2.38. The highest BCUT2D eigenvalue weighted by Gasteiger charge is 2.11. The van der Waals surface area contributed by atoms with E-state index >= 15 is 0 Å². The van der Waals surface area contributed by atoms with Crippen molar-refractivity contribution in [2.75, 3.05) is 13.2 Å². The molecule has 21 heavy (non-hydrogen) atoms. The fourth-order valence-electron chi connectivity index (χ4n) is 1.66. The summed E-state index contributed by atoms with van der Waals surface area (Å²) in [5.41, 5.74) is 5.80. The Bertz CT molecular complexity index is 506. The summed E-state index contributed by atoms with van der Waals surface area (Å²) >= 11 is 3.39. The number of hydrogen-bond acceptors (Lipinski definition) is 4. The van der Waals surface area contributed by atoms with Gasteiger partial charge in [-0.2, -0.15) is 0 Å². The van der Waals surface area contributed by atoms with Crippen molar-refractivity contribution in [3.05, 3.63) is 28.2 Å². The fraction of sp³-hybridized carbons (Fsp3) is 0.429. The normalized spacial score (nSPS) is 10.5. The van der Waals surface area contributed by atoms with Crippen molar-refractivity contribution in [1.82, 2.24) is 10.6 Å². The van der Waals surface area contributed by atoms with E-state index in [-0.39, 0.29) is 6.61 Å². The minimum absolute atomic E-state index is 0.275. The Morgan fingerprint density at radius 1 is 1.38 bits per heavy atom. The van der Waals surface area contributed by atoms with Crippen LogP contribution in [0.15, 0.2) is 22.7 Å². The molecule has 0 aromatic heterocycles. The summed E-state index contributed by atoms with van der Waals surface area (Å²) < 4.78 is 6.23. The van der Waals surface area contributed by atoms with Crippen LogP contribution in [0.3, 0.4) is 0 Å². The van der Waals surface area contributed by atoms with E-state index in [9.17, 15) is 9.59 Å². The van der Waals surface area contributed by atoms with Gasteiger partial charge in [0.1, 0.15) is 5.75 Å². The lowest BCUT2D eigenvalue weighted by Gasteiger charge is -2.14. The number of para-hydroxylation sites is 1.